The summed E-state index contributed by atoms with van der Waals surface area (Å²) in [6, 6.07) is 12.8. The monoisotopic (exact) mass is 470 g/mol. The van der Waals surface area contributed by atoms with Crippen LogP contribution < -0.4 is 14.4 Å². The number of hydrogen-bond acceptors (Lipinski definition) is 7. The first-order valence-electron chi connectivity index (χ1n) is 10.4. The Kier molecular flexibility index (Phi) is 6.81. The molecule has 0 N–H and O–H groups in total. The predicted molar refractivity (Wildman–Crippen MR) is 125 cm³/mol. The first kappa shape index (κ1) is 22.4. The molecule has 1 aromatic heterocycles. The van der Waals surface area contributed by atoms with E-state index in [2.05, 4.69) is 22.1 Å². The van der Waals surface area contributed by atoms with Crippen molar-refractivity contribution in [1.29, 1.82) is 0 Å². The Morgan fingerprint density at radius 1 is 1.19 bits per heavy atom. The Labute approximate surface area is 196 Å². The van der Waals surface area contributed by atoms with Crippen LogP contribution in [-0.4, -0.2) is 33.4 Å². The maximum Gasteiger partial charge on any atom is 0.247 e. The summed E-state index contributed by atoms with van der Waals surface area (Å²) in [5.41, 5.74) is 2.49. The number of thioether (sulfide) groups is 1. The van der Waals surface area contributed by atoms with Gasteiger partial charge in [0.05, 0.1) is 12.3 Å². The van der Waals surface area contributed by atoms with Crippen LogP contribution in [-0.2, 0) is 4.79 Å². The smallest absolute Gasteiger partial charge is 0.247 e. The molecule has 166 valence electrons. The number of nitrogens with zero attached hydrogens (tertiary/aromatic N) is 4. The van der Waals surface area contributed by atoms with Crippen LogP contribution in [0, 0.1) is 0 Å². The number of halogens is 1. The molecule has 0 fully saturated rings. The Hall–Kier alpha value is -2.84. The zero-order chi connectivity index (χ0) is 22.7. The zero-order valence-corrected chi connectivity index (χ0v) is 19.6. The van der Waals surface area contributed by atoms with E-state index in [0.717, 1.165) is 23.5 Å². The van der Waals surface area contributed by atoms with E-state index < -0.39 is 6.23 Å². The fourth-order valence-electron chi connectivity index (χ4n) is 3.43. The van der Waals surface area contributed by atoms with Gasteiger partial charge in [-0.15, -0.1) is 10.2 Å². The lowest BCUT2D eigenvalue weighted by Gasteiger charge is -2.30. The molecule has 1 aliphatic rings. The molecule has 0 saturated heterocycles. The van der Waals surface area contributed by atoms with Crippen molar-refractivity contribution in [1.82, 2.24) is 15.2 Å². The number of benzene rings is 2. The van der Waals surface area contributed by atoms with Gasteiger partial charge in [-0.2, -0.15) is 4.98 Å². The number of hydrogen-bond donors (Lipinski definition) is 0. The first-order chi connectivity index (χ1) is 15.5. The van der Waals surface area contributed by atoms with Gasteiger partial charge in [-0.3, -0.25) is 9.69 Å². The van der Waals surface area contributed by atoms with Gasteiger partial charge in [0.15, 0.2) is 5.69 Å². The molecule has 0 aliphatic carbocycles. The lowest BCUT2D eigenvalue weighted by Crippen LogP contribution is -2.36. The summed E-state index contributed by atoms with van der Waals surface area (Å²) in [5, 5.41) is 9.62. The number of carbonyl (C=O) groups excluding carboxylic acids is 1. The number of ether oxygens (including phenoxy) is 2. The Morgan fingerprint density at radius 2 is 1.97 bits per heavy atom. The van der Waals surface area contributed by atoms with Gasteiger partial charge in [-0.05, 0) is 54.6 Å². The average Bonchev–Trinajstić information content (AvgIpc) is 2.92. The van der Waals surface area contributed by atoms with E-state index in [-0.39, 0.29) is 5.91 Å². The molecule has 0 unspecified atom stereocenters. The molecular formula is C23H23ClN4O3S. The van der Waals surface area contributed by atoms with Crippen molar-refractivity contribution in [2.24, 2.45) is 0 Å². The number of aromatic nitrogens is 3. The molecule has 0 saturated carbocycles. The van der Waals surface area contributed by atoms with Gasteiger partial charge in [0.1, 0.15) is 5.75 Å². The van der Waals surface area contributed by atoms with E-state index >= 15 is 0 Å². The second kappa shape index (κ2) is 9.75. The van der Waals surface area contributed by atoms with E-state index in [0.29, 0.717) is 39.6 Å². The van der Waals surface area contributed by atoms with Crippen LogP contribution in [0.5, 0.6) is 11.6 Å². The Morgan fingerprint density at radius 3 is 2.66 bits per heavy atom. The predicted octanol–water partition coefficient (Wildman–Crippen LogP) is 5.54. The maximum absolute atomic E-state index is 12.8. The van der Waals surface area contributed by atoms with Crippen molar-refractivity contribution in [3.05, 3.63) is 53.1 Å². The van der Waals surface area contributed by atoms with Gasteiger partial charge in [-0.25, -0.2) is 0 Å². The first-order valence-corrected chi connectivity index (χ1v) is 11.7. The van der Waals surface area contributed by atoms with Gasteiger partial charge in [0.25, 0.3) is 0 Å². The molecule has 2 heterocycles. The van der Waals surface area contributed by atoms with Crippen LogP contribution in [0.1, 0.15) is 39.0 Å². The molecule has 7 nitrogen and oxygen atoms in total. The van der Waals surface area contributed by atoms with Gasteiger partial charge in [0, 0.05) is 23.1 Å². The minimum atomic E-state index is -0.745. The van der Waals surface area contributed by atoms with Gasteiger partial charge in [0.2, 0.25) is 23.2 Å². The zero-order valence-electron chi connectivity index (χ0n) is 18.0. The van der Waals surface area contributed by atoms with Crippen LogP contribution in [0.4, 0.5) is 5.69 Å². The summed E-state index contributed by atoms with van der Waals surface area (Å²) >= 11 is 7.75. The van der Waals surface area contributed by atoms with E-state index in [9.17, 15) is 4.79 Å². The molecule has 2 aromatic carbocycles. The number of anilines is 1. The SMILES string of the molecule is CCCOc1ccc([C@H]2Oc3nc(SCC)nnc3-c3cc(Cl)ccc3N2C(C)=O)cc1. The minimum Gasteiger partial charge on any atom is -0.494 e. The highest BCUT2D eigenvalue weighted by Gasteiger charge is 2.34. The van der Waals surface area contributed by atoms with Gasteiger partial charge >= 0.3 is 0 Å². The van der Waals surface area contributed by atoms with Crippen molar-refractivity contribution in [3.63, 3.8) is 0 Å². The van der Waals surface area contributed by atoms with E-state index in [1.807, 2.05) is 31.2 Å². The van der Waals surface area contributed by atoms with E-state index in [1.165, 1.54) is 18.7 Å². The topological polar surface area (TPSA) is 77.4 Å². The summed E-state index contributed by atoms with van der Waals surface area (Å²) in [7, 11) is 0. The summed E-state index contributed by atoms with van der Waals surface area (Å²) in [6.07, 6.45) is 0.178. The Bertz CT molecular complexity index is 1130. The van der Waals surface area contributed by atoms with Crippen LogP contribution in [0.3, 0.4) is 0 Å². The van der Waals surface area contributed by atoms with Crippen molar-refractivity contribution >= 4 is 35.0 Å². The fourth-order valence-corrected chi connectivity index (χ4v) is 4.11. The highest BCUT2D eigenvalue weighted by atomic mass is 35.5. The van der Waals surface area contributed by atoms with Crippen molar-refractivity contribution in [3.8, 4) is 22.9 Å². The number of carbonyl (C=O) groups is 1. The molecule has 3 aromatic rings. The summed E-state index contributed by atoms with van der Waals surface area (Å²) in [5.74, 6) is 1.68. The molecule has 0 bridgehead atoms. The normalized spacial score (nSPS) is 14.8. The highest BCUT2D eigenvalue weighted by Crippen LogP contribution is 2.44. The number of rotatable bonds is 6. The molecular weight excluding hydrogens is 448 g/mol. The van der Waals surface area contributed by atoms with Crippen LogP contribution in [0.25, 0.3) is 11.3 Å². The molecule has 0 spiro atoms. The van der Waals surface area contributed by atoms with Crippen LogP contribution in [0.2, 0.25) is 5.02 Å². The summed E-state index contributed by atoms with van der Waals surface area (Å²) < 4.78 is 12.0. The molecule has 4 rings (SSSR count). The summed E-state index contributed by atoms with van der Waals surface area (Å²) in [6.45, 7) is 6.21. The van der Waals surface area contributed by atoms with Gasteiger partial charge < -0.3 is 9.47 Å². The second-order valence-electron chi connectivity index (χ2n) is 7.12. The van der Waals surface area contributed by atoms with Crippen LogP contribution in [0.15, 0.2) is 47.6 Å². The number of amides is 1. The third-order valence-corrected chi connectivity index (χ3v) is 5.77. The molecule has 9 heteroatoms. The average molecular weight is 471 g/mol. The largest absolute Gasteiger partial charge is 0.494 e. The molecule has 0 radical (unpaired) electrons. The van der Waals surface area contributed by atoms with Crippen LogP contribution >= 0.6 is 23.4 Å². The lowest BCUT2D eigenvalue weighted by atomic mass is 10.1. The second-order valence-corrected chi connectivity index (χ2v) is 8.79. The lowest BCUT2D eigenvalue weighted by molar-refractivity contribution is -0.118. The number of fused-ring (bicyclic) bond motifs is 3. The quantitative estimate of drug-likeness (QED) is 0.438. The standard InChI is InChI=1S/C23H23ClN4O3S/c1-4-12-30-17-9-6-15(7-10-17)22-28(14(3)29)19-11-8-16(24)13-18(19)20-21(31-22)25-23(27-26-20)32-5-2/h6-11,13,22H,4-5,12H2,1-3H3/t22-/m1/s1. The summed E-state index contributed by atoms with van der Waals surface area (Å²) in [4.78, 5) is 19.0. The minimum absolute atomic E-state index is 0.186. The van der Waals surface area contributed by atoms with E-state index in [4.69, 9.17) is 21.1 Å². The maximum atomic E-state index is 12.8. The van der Waals surface area contributed by atoms with Crippen molar-refractivity contribution in [2.75, 3.05) is 17.3 Å². The highest BCUT2D eigenvalue weighted by molar-refractivity contribution is 7.99. The molecule has 1 atom stereocenters. The Balaban J connectivity index is 1.85. The third-order valence-electron chi connectivity index (χ3n) is 4.82. The van der Waals surface area contributed by atoms with Crippen molar-refractivity contribution in [2.45, 2.75) is 38.6 Å². The van der Waals surface area contributed by atoms with Crippen molar-refractivity contribution < 1.29 is 14.3 Å². The fraction of sp³-hybridized carbons (Fsp3) is 0.304. The van der Waals surface area contributed by atoms with Gasteiger partial charge in [-0.1, -0.05) is 37.2 Å². The third kappa shape index (κ3) is 4.52. The molecule has 32 heavy (non-hydrogen) atoms. The molecule has 1 aliphatic heterocycles. The molecule has 1 amide bonds. The van der Waals surface area contributed by atoms with E-state index in [1.54, 1.807) is 23.1 Å².